The topological polar surface area (TPSA) is 133 Å². The Kier molecular flexibility index (Phi) is 7.29. The zero-order valence-corrected chi connectivity index (χ0v) is 18.1. The van der Waals surface area contributed by atoms with Crippen molar-refractivity contribution in [2.45, 2.75) is 32.9 Å². The molecule has 2 aromatic carbocycles. The molecular weight excluding hydrogens is 428 g/mol. The zero-order valence-electron chi connectivity index (χ0n) is 18.1. The van der Waals surface area contributed by atoms with Gasteiger partial charge in [0.2, 0.25) is 6.10 Å². The SMILES string of the molecule is CCCn1nc(C(=O)OC(C(=O)Nc2ccc(C)cc2[N+](=O)[O-])c2ccccc2)ccc1=O. The maximum absolute atomic E-state index is 13.1. The summed E-state index contributed by atoms with van der Waals surface area (Å²) in [5.74, 6) is -1.69. The third kappa shape index (κ3) is 5.67. The number of benzene rings is 2. The number of hydrogen-bond acceptors (Lipinski definition) is 7. The third-order valence-electron chi connectivity index (χ3n) is 4.68. The second-order valence-corrected chi connectivity index (χ2v) is 7.24. The number of nitrogens with one attached hydrogen (secondary N) is 1. The minimum absolute atomic E-state index is 0.0257. The Hall–Kier alpha value is -4.34. The van der Waals surface area contributed by atoms with E-state index in [4.69, 9.17) is 4.74 Å². The summed E-state index contributed by atoms with van der Waals surface area (Å²) in [7, 11) is 0. The van der Waals surface area contributed by atoms with Crippen molar-refractivity contribution >= 4 is 23.3 Å². The van der Waals surface area contributed by atoms with Crippen molar-refractivity contribution < 1.29 is 19.2 Å². The summed E-state index contributed by atoms with van der Waals surface area (Å²) in [4.78, 5) is 48.5. The number of nitrogens with zero attached hydrogens (tertiary/aromatic N) is 3. The summed E-state index contributed by atoms with van der Waals surface area (Å²) >= 11 is 0. The zero-order chi connectivity index (χ0) is 24.0. The van der Waals surface area contributed by atoms with Gasteiger partial charge in [-0.1, -0.05) is 43.3 Å². The van der Waals surface area contributed by atoms with E-state index in [9.17, 15) is 24.5 Å². The van der Waals surface area contributed by atoms with E-state index in [1.165, 1.54) is 24.3 Å². The molecule has 1 N–H and O–H groups in total. The monoisotopic (exact) mass is 450 g/mol. The molecule has 1 heterocycles. The lowest BCUT2D eigenvalue weighted by Crippen LogP contribution is -2.28. The number of aromatic nitrogens is 2. The Morgan fingerprint density at radius 1 is 1.15 bits per heavy atom. The average Bonchev–Trinajstić information content (AvgIpc) is 2.80. The predicted octanol–water partition coefficient (Wildman–Crippen LogP) is 3.41. The quantitative estimate of drug-likeness (QED) is 0.316. The fourth-order valence-corrected chi connectivity index (χ4v) is 3.09. The van der Waals surface area contributed by atoms with Gasteiger partial charge in [0.15, 0.2) is 5.69 Å². The van der Waals surface area contributed by atoms with Crippen LogP contribution in [-0.4, -0.2) is 26.6 Å². The van der Waals surface area contributed by atoms with Crippen LogP contribution in [0, 0.1) is 17.0 Å². The molecule has 0 bridgehead atoms. The standard InChI is InChI=1S/C23H22N4O6/c1-3-13-26-20(28)12-11-18(25-26)23(30)33-21(16-7-5-4-6-8-16)22(29)24-17-10-9-15(2)14-19(17)27(31)32/h4-12,14,21H,3,13H2,1-2H3,(H,24,29). The normalized spacial score (nSPS) is 11.5. The van der Waals surface area contributed by atoms with Gasteiger partial charge < -0.3 is 10.1 Å². The van der Waals surface area contributed by atoms with E-state index in [0.717, 1.165) is 4.68 Å². The van der Waals surface area contributed by atoms with Crippen molar-refractivity contribution in [3.63, 3.8) is 0 Å². The second-order valence-electron chi connectivity index (χ2n) is 7.24. The third-order valence-corrected chi connectivity index (χ3v) is 4.68. The van der Waals surface area contributed by atoms with Crippen LogP contribution in [0.3, 0.4) is 0 Å². The lowest BCUT2D eigenvalue weighted by atomic mass is 10.1. The van der Waals surface area contributed by atoms with E-state index < -0.39 is 22.9 Å². The van der Waals surface area contributed by atoms with Crippen LogP contribution >= 0.6 is 0 Å². The van der Waals surface area contributed by atoms with Gasteiger partial charge in [0.1, 0.15) is 5.69 Å². The molecule has 33 heavy (non-hydrogen) atoms. The molecule has 10 heteroatoms. The summed E-state index contributed by atoms with van der Waals surface area (Å²) in [6, 6.07) is 15.0. The van der Waals surface area contributed by atoms with Gasteiger partial charge in [-0.25, -0.2) is 9.48 Å². The van der Waals surface area contributed by atoms with E-state index in [2.05, 4.69) is 10.4 Å². The lowest BCUT2D eigenvalue weighted by molar-refractivity contribution is -0.384. The summed E-state index contributed by atoms with van der Waals surface area (Å²) in [5.41, 5.74) is 0.200. The number of anilines is 1. The van der Waals surface area contributed by atoms with Crippen LogP contribution < -0.4 is 10.9 Å². The Morgan fingerprint density at radius 3 is 2.55 bits per heavy atom. The number of rotatable bonds is 8. The van der Waals surface area contributed by atoms with E-state index in [-0.39, 0.29) is 22.6 Å². The van der Waals surface area contributed by atoms with Crippen molar-refractivity contribution in [3.05, 3.63) is 98.0 Å². The minimum Gasteiger partial charge on any atom is -0.442 e. The largest absolute Gasteiger partial charge is 0.442 e. The highest BCUT2D eigenvalue weighted by atomic mass is 16.6. The second kappa shape index (κ2) is 10.3. The molecule has 0 spiro atoms. The van der Waals surface area contributed by atoms with Gasteiger partial charge in [0, 0.05) is 24.2 Å². The molecule has 0 fully saturated rings. The summed E-state index contributed by atoms with van der Waals surface area (Å²) in [6.07, 6.45) is -0.775. The van der Waals surface area contributed by atoms with Gasteiger partial charge in [-0.3, -0.25) is 19.7 Å². The van der Waals surface area contributed by atoms with Gasteiger partial charge in [-0.05, 0) is 31.0 Å². The summed E-state index contributed by atoms with van der Waals surface area (Å²) in [5, 5.41) is 17.9. The molecule has 1 amide bonds. The van der Waals surface area contributed by atoms with Gasteiger partial charge in [0.05, 0.1) is 4.92 Å². The van der Waals surface area contributed by atoms with E-state index in [0.29, 0.717) is 24.1 Å². The highest BCUT2D eigenvalue weighted by Crippen LogP contribution is 2.28. The minimum atomic E-state index is -1.41. The maximum Gasteiger partial charge on any atom is 0.359 e. The number of hydrogen-bond donors (Lipinski definition) is 1. The first-order valence-corrected chi connectivity index (χ1v) is 10.2. The molecule has 3 aromatic rings. The van der Waals surface area contributed by atoms with Crippen LogP contribution in [0.2, 0.25) is 0 Å². The predicted molar refractivity (Wildman–Crippen MR) is 120 cm³/mol. The molecule has 0 radical (unpaired) electrons. The number of amides is 1. The van der Waals surface area contributed by atoms with Gasteiger partial charge in [-0.2, -0.15) is 5.10 Å². The highest BCUT2D eigenvalue weighted by Gasteiger charge is 2.28. The molecule has 1 atom stereocenters. The van der Waals surface area contributed by atoms with Crippen molar-refractivity contribution in [3.8, 4) is 0 Å². The fraction of sp³-hybridized carbons (Fsp3) is 0.217. The van der Waals surface area contributed by atoms with Crippen molar-refractivity contribution in [2.24, 2.45) is 0 Å². The Morgan fingerprint density at radius 2 is 1.88 bits per heavy atom. The molecule has 0 saturated carbocycles. The van der Waals surface area contributed by atoms with E-state index in [1.54, 1.807) is 43.3 Å². The average molecular weight is 450 g/mol. The van der Waals surface area contributed by atoms with Crippen LogP contribution in [0.4, 0.5) is 11.4 Å². The smallest absolute Gasteiger partial charge is 0.359 e. The molecular formula is C23H22N4O6. The van der Waals surface area contributed by atoms with Gasteiger partial charge >= 0.3 is 5.97 Å². The number of ether oxygens (including phenoxy) is 1. The molecule has 0 saturated heterocycles. The lowest BCUT2D eigenvalue weighted by Gasteiger charge is -2.18. The molecule has 0 aliphatic heterocycles. The van der Waals surface area contributed by atoms with E-state index >= 15 is 0 Å². The first kappa shape index (κ1) is 23.3. The Balaban J connectivity index is 1.91. The van der Waals surface area contributed by atoms with Crippen LogP contribution in [0.1, 0.15) is 41.1 Å². The molecule has 10 nitrogen and oxygen atoms in total. The number of carbonyl (C=O) groups is 2. The number of nitro groups is 1. The molecule has 3 rings (SSSR count). The summed E-state index contributed by atoms with van der Waals surface area (Å²) < 4.78 is 6.60. The van der Waals surface area contributed by atoms with Crippen LogP contribution in [0.15, 0.2) is 65.5 Å². The highest BCUT2D eigenvalue weighted by molar-refractivity contribution is 5.99. The van der Waals surface area contributed by atoms with Crippen molar-refractivity contribution in [1.29, 1.82) is 0 Å². The first-order valence-electron chi connectivity index (χ1n) is 10.2. The fourth-order valence-electron chi connectivity index (χ4n) is 3.09. The number of esters is 1. The molecule has 0 aliphatic rings. The Bertz CT molecular complexity index is 1240. The van der Waals surface area contributed by atoms with Crippen LogP contribution in [-0.2, 0) is 16.1 Å². The number of aryl methyl sites for hydroxylation is 2. The molecule has 1 aromatic heterocycles. The van der Waals surface area contributed by atoms with Crippen molar-refractivity contribution in [1.82, 2.24) is 9.78 Å². The molecule has 0 aliphatic carbocycles. The number of nitro benzene ring substituents is 1. The van der Waals surface area contributed by atoms with Gasteiger partial charge in [-0.15, -0.1) is 0 Å². The van der Waals surface area contributed by atoms with Crippen LogP contribution in [0.25, 0.3) is 0 Å². The number of carbonyl (C=O) groups excluding carboxylic acids is 2. The van der Waals surface area contributed by atoms with Crippen LogP contribution in [0.5, 0.6) is 0 Å². The maximum atomic E-state index is 13.1. The van der Waals surface area contributed by atoms with Gasteiger partial charge in [0.25, 0.3) is 17.2 Å². The molecule has 170 valence electrons. The van der Waals surface area contributed by atoms with E-state index in [1.807, 2.05) is 6.92 Å². The molecule has 1 unspecified atom stereocenters. The first-order chi connectivity index (χ1) is 15.8. The Labute approximate surface area is 189 Å². The van der Waals surface area contributed by atoms with Crippen molar-refractivity contribution in [2.75, 3.05) is 5.32 Å². The summed E-state index contributed by atoms with van der Waals surface area (Å²) in [6.45, 7) is 3.87.